The highest BCUT2D eigenvalue weighted by Gasteiger charge is 2.11. The van der Waals surface area contributed by atoms with E-state index in [1.165, 1.54) is 11.1 Å². The minimum atomic E-state index is -0.293. The summed E-state index contributed by atoms with van der Waals surface area (Å²) in [6, 6.07) is 12.5. The van der Waals surface area contributed by atoms with Crippen molar-refractivity contribution in [3.05, 3.63) is 57.8 Å². The van der Waals surface area contributed by atoms with Crippen molar-refractivity contribution in [1.29, 1.82) is 0 Å². The van der Waals surface area contributed by atoms with E-state index in [2.05, 4.69) is 37.3 Å². The third-order valence-electron chi connectivity index (χ3n) is 2.99. The number of hydrogen-bond donors (Lipinski definition) is 1. The lowest BCUT2D eigenvalue weighted by Gasteiger charge is -2.09. The van der Waals surface area contributed by atoms with E-state index < -0.39 is 0 Å². The smallest absolute Gasteiger partial charge is 0.0884 e. The summed E-state index contributed by atoms with van der Waals surface area (Å²) in [7, 11) is 0. The molecule has 1 aromatic carbocycles. The van der Waals surface area contributed by atoms with Crippen molar-refractivity contribution in [3.8, 4) is 0 Å². The van der Waals surface area contributed by atoms with Gasteiger partial charge in [-0.05, 0) is 48.8 Å². The van der Waals surface area contributed by atoms with Crippen molar-refractivity contribution in [3.63, 3.8) is 0 Å². The number of aryl methyl sites for hydroxylation is 2. The average Bonchev–Trinajstić information content (AvgIpc) is 2.77. The highest BCUT2D eigenvalue weighted by atomic mass is 32.1. The maximum atomic E-state index is 10.1. The Morgan fingerprint density at radius 1 is 1.18 bits per heavy atom. The van der Waals surface area contributed by atoms with Crippen LogP contribution in [0.5, 0.6) is 0 Å². The van der Waals surface area contributed by atoms with Crippen LogP contribution >= 0.6 is 11.3 Å². The minimum Gasteiger partial charge on any atom is -0.388 e. The molecular weight excluding hydrogens is 228 g/mol. The molecule has 1 atom stereocenters. The summed E-state index contributed by atoms with van der Waals surface area (Å²) in [4.78, 5) is 1.12. The molecule has 2 aromatic rings. The molecule has 90 valence electrons. The van der Waals surface area contributed by atoms with E-state index in [4.69, 9.17) is 0 Å². The highest BCUT2D eigenvalue weighted by Crippen LogP contribution is 2.27. The molecule has 1 nitrogen and oxygen atoms in total. The highest BCUT2D eigenvalue weighted by molar-refractivity contribution is 7.10. The van der Waals surface area contributed by atoms with E-state index in [1.54, 1.807) is 11.3 Å². The first-order valence-corrected chi connectivity index (χ1v) is 6.91. The van der Waals surface area contributed by atoms with Gasteiger partial charge in [0.25, 0.3) is 0 Å². The number of benzene rings is 1. The lowest BCUT2D eigenvalue weighted by atomic mass is 10.0. The van der Waals surface area contributed by atoms with Crippen LogP contribution < -0.4 is 0 Å². The van der Waals surface area contributed by atoms with Gasteiger partial charge in [-0.15, -0.1) is 11.3 Å². The molecule has 0 aliphatic rings. The topological polar surface area (TPSA) is 20.2 Å². The monoisotopic (exact) mass is 246 g/mol. The Balaban J connectivity index is 1.81. The van der Waals surface area contributed by atoms with Crippen molar-refractivity contribution in [2.24, 2.45) is 0 Å². The fourth-order valence-electron chi connectivity index (χ4n) is 2.00. The van der Waals surface area contributed by atoms with Gasteiger partial charge in [-0.1, -0.05) is 30.3 Å². The summed E-state index contributed by atoms with van der Waals surface area (Å²) in [6.45, 7) is 2.06. The van der Waals surface area contributed by atoms with Crippen molar-refractivity contribution in [1.82, 2.24) is 0 Å². The Hall–Kier alpha value is -1.12. The molecule has 1 N–H and O–H groups in total. The lowest BCUT2D eigenvalue weighted by molar-refractivity contribution is 0.168. The molecule has 0 bridgehead atoms. The van der Waals surface area contributed by atoms with E-state index in [9.17, 15) is 5.11 Å². The van der Waals surface area contributed by atoms with Crippen LogP contribution in [0, 0.1) is 6.92 Å². The Morgan fingerprint density at radius 3 is 2.59 bits per heavy atom. The molecule has 17 heavy (non-hydrogen) atoms. The summed E-state index contributed by atoms with van der Waals surface area (Å²) >= 11 is 1.65. The van der Waals surface area contributed by atoms with Gasteiger partial charge in [0.2, 0.25) is 0 Å². The van der Waals surface area contributed by atoms with Gasteiger partial charge < -0.3 is 5.11 Å². The van der Waals surface area contributed by atoms with E-state index in [0.717, 1.165) is 24.1 Å². The maximum Gasteiger partial charge on any atom is 0.0884 e. The average molecular weight is 246 g/mol. The van der Waals surface area contributed by atoms with E-state index in [-0.39, 0.29) is 6.10 Å². The number of aliphatic hydroxyl groups excluding tert-OH is 1. The third-order valence-corrected chi connectivity index (χ3v) is 4.11. The SMILES string of the molecule is Cc1ccsc1C(O)CCCc1ccccc1. The Kier molecular flexibility index (Phi) is 4.35. The summed E-state index contributed by atoms with van der Waals surface area (Å²) in [5.41, 5.74) is 2.56. The second-order valence-corrected chi connectivity index (χ2v) is 5.31. The van der Waals surface area contributed by atoms with Crippen LogP contribution in [0.2, 0.25) is 0 Å². The second-order valence-electron chi connectivity index (χ2n) is 4.36. The second kappa shape index (κ2) is 5.99. The standard InChI is InChI=1S/C15H18OS/c1-12-10-11-17-15(12)14(16)9-5-8-13-6-3-2-4-7-13/h2-4,6-7,10-11,14,16H,5,8-9H2,1H3. The van der Waals surface area contributed by atoms with Crippen LogP contribution in [-0.4, -0.2) is 5.11 Å². The summed E-state index contributed by atoms with van der Waals surface area (Å²) in [6.07, 6.45) is 2.62. The minimum absolute atomic E-state index is 0.293. The number of aliphatic hydroxyl groups is 1. The van der Waals surface area contributed by atoms with Crippen molar-refractivity contribution < 1.29 is 5.11 Å². The Bertz CT molecular complexity index is 447. The molecule has 2 heteroatoms. The number of thiophene rings is 1. The molecule has 1 heterocycles. The van der Waals surface area contributed by atoms with Gasteiger partial charge in [-0.2, -0.15) is 0 Å². The van der Waals surface area contributed by atoms with Gasteiger partial charge in [-0.3, -0.25) is 0 Å². The number of rotatable bonds is 5. The van der Waals surface area contributed by atoms with Gasteiger partial charge in [-0.25, -0.2) is 0 Å². The molecule has 0 amide bonds. The molecule has 0 saturated heterocycles. The summed E-state index contributed by atoms with van der Waals surface area (Å²) in [5.74, 6) is 0. The molecule has 2 rings (SSSR count). The fraction of sp³-hybridized carbons (Fsp3) is 0.333. The molecule has 0 fully saturated rings. The largest absolute Gasteiger partial charge is 0.388 e. The lowest BCUT2D eigenvalue weighted by Crippen LogP contribution is -1.97. The zero-order valence-electron chi connectivity index (χ0n) is 10.1. The van der Waals surface area contributed by atoms with Crippen molar-refractivity contribution >= 4 is 11.3 Å². The first-order valence-electron chi connectivity index (χ1n) is 6.03. The first-order chi connectivity index (χ1) is 8.27. The molecule has 0 radical (unpaired) electrons. The molecule has 0 aliphatic heterocycles. The van der Waals surface area contributed by atoms with Crippen LogP contribution in [-0.2, 0) is 6.42 Å². The number of hydrogen-bond acceptors (Lipinski definition) is 2. The van der Waals surface area contributed by atoms with Crippen LogP contribution in [0.1, 0.15) is 34.9 Å². The van der Waals surface area contributed by atoms with Gasteiger partial charge in [0.15, 0.2) is 0 Å². The maximum absolute atomic E-state index is 10.1. The Morgan fingerprint density at radius 2 is 1.94 bits per heavy atom. The van der Waals surface area contributed by atoms with Crippen LogP contribution in [0.15, 0.2) is 41.8 Å². The van der Waals surface area contributed by atoms with Gasteiger partial charge >= 0.3 is 0 Å². The Labute approximate surface area is 107 Å². The van der Waals surface area contributed by atoms with E-state index in [1.807, 2.05) is 11.4 Å². The predicted octanol–water partition coefficient (Wildman–Crippen LogP) is 4.11. The van der Waals surface area contributed by atoms with Gasteiger partial charge in [0.05, 0.1) is 6.10 Å². The molecule has 1 unspecified atom stereocenters. The molecular formula is C15H18OS. The normalized spacial score (nSPS) is 12.6. The van der Waals surface area contributed by atoms with Crippen LogP contribution in [0.3, 0.4) is 0 Å². The molecule has 0 aliphatic carbocycles. The zero-order chi connectivity index (χ0) is 12.1. The summed E-state index contributed by atoms with van der Waals surface area (Å²) in [5, 5.41) is 12.1. The first kappa shape index (κ1) is 12.3. The molecule has 0 spiro atoms. The van der Waals surface area contributed by atoms with Crippen LogP contribution in [0.4, 0.5) is 0 Å². The zero-order valence-corrected chi connectivity index (χ0v) is 10.9. The third kappa shape index (κ3) is 3.42. The van der Waals surface area contributed by atoms with Gasteiger partial charge in [0, 0.05) is 4.88 Å². The van der Waals surface area contributed by atoms with Gasteiger partial charge in [0.1, 0.15) is 0 Å². The molecule has 0 saturated carbocycles. The van der Waals surface area contributed by atoms with Crippen LogP contribution in [0.25, 0.3) is 0 Å². The summed E-state index contributed by atoms with van der Waals surface area (Å²) < 4.78 is 0. The predicted molar refractivity (Wildman–Crippen MR) is 73.4 cm³/mol. The molecule has 1 aromatic heterocycles. The van der Waals surface area contributed by atoms with Crippen molar-refractivity contribution in [2.45, 2.75) is 32.3 Å². The van der Waals surface area contributed by atoms with E-state index in [0.29, 0.717) is 0 Å². The van der Waals surface area contributed by atoms with Crippen molar-refractivity contribution in [2.75, 3.05) is 0 Å². The fourth-order valence-corrected chi connectivity index (χ4v) is 2.95. The quantitative estimate of drug-likeness (QED) is 0.841. The van der Waals surface area contributed by atoms with E-state index >= 15 is 0 Å².